The van der Waals surface area contributed by atoms with E-state index in [0.717, 1.165) is 29.3 Å². The van der Waals surface area contributed by atoms with Crippen LogP contribution in [0.15, 0.2) is 30.3 Å². The molecule has 0 aliphatic carbocycles. The Bertz CT molecular complexity index is 639. The van der Waals surface area contributed by atoms with Gasteiger partial charge in [0, 0.05) is 11.1 Å². The number of rotatable bonds is 3. The van der Waals surface area contributed by atoms with Gasteiger partial charge in [-0.3, -0.25) is 0 Å². The first-order valence-corrected chi connectivity index (χ1v) is 6.22. The van der Waals surface area contributed by atoms with E-state index in [-0.39, 0.29) is 5.56 Å². The highest BCUT2D eigenvalue weighted by molar-refractivity contribution is 5.47. The molecule has 20 heavy (non-hydrogen) atoms. The van der Waals surface area contributed by atoms with Crippen molar-refractivity contribution < 1.29 is 18.6 Å². The van der Waals surface area contributed by atoms with Crippen LogP contribution in [0.3, 0.4) is 0 Å². The van der Waals surface area contributed by atoms with Crippen molar-refractivity contribution in [3.05, 3.63) is 64.2 Å². The van der Waals surface area contributed by atoms with Crippen LogP contribution >= 0.6 is 0 Å². The summed E-state index contributed by atoms with van der Waals surface area (Å²) >= 11 is 0. The van der Waals surface area contributed by atoms with E-state index in [1.54, 1.807) is 13.0 Å². The van der Waals surface area contributed by atoms with Crippen molar-refractivity contribution in [2.75, 3.05) is 7.11 Å². The second-order valence-corrected chi connectivity index (χ2v) is 4.77. The van der Waals surface area contributed by atoms with E-state index in [9.17, 15) is 13.9 Å². The molecule has 0 saturated heterocycles. The number of aliphatic hydroxyl groups is 1. The van der Waals surface area contributed by atoms with Gasteiger partial charge < -0.3 is 9.84 Å². The molecule has 0 spiro atoms. The molecular weight excluding hydrogens is 262 g/mol. The molecule has 106 valence electrons. The van der Waals surface area contributed by atoms with Crippen LogP contribution in [0.2, 0.25) is 0 Å². The molecule has 2 rings (SSSR count). The van der Waals surface area contributed by atoms with Crippen LogP contribution in [-0.2, 0) is 0 Å². The van der Waals surface area contributed by atoms with Gasteiger partial charge in [0.15, 0.2) is 0 Å². The van der Waals surface area contributed by atoms with Crippen LogP contribution in [0.5, 0.6) is 5.75 Å². The normalized spacial score (nSPS) is 12.3. The van der Waals surface area contributed by atoms with E-state index in [4.69, 9.17) is 4.74 Å². The Labute approximate surface area is 116 Å². The summed E-state index contributed by atoms with van der Waals surface area (Å²) in [4.78, 5) is 0. The van der Waals surface area contributed by atoms with Gasteiger partial charge in [-0.25, -0.2) is 8.78 Å². The number of hydrogen-bond donors (Lipinski definition) is 1. The molecule has 0 saturated carbocycles. The molecule has 0 aromatic heterocycles. The molecule has 2 aromatic carbocycles. The standard InChI is InChI=1S/C16H16F2O2/c1-9-6-10(2)15(14(7-9)20-3)16(19)12-8-11(17)4-5-13(12)18/h4-8,16,19H,1-3H3. The summed E-state index contributed by atoms with van der Waals surface area (Å²) in [6.07, 6.45) is -1.28. The zero-order valence-electron chi connectivity index (χ0n) is 11.6. The first-order valence-electron chi connectivity index (χ1n) is 6.22. The van der Waals surface area contributed by atoms with Crippen molar-refractivity contribution in [1.82, 2.24) is 0 Å². The number of ether oxygens (including phenoxy) is 1. The van der Waals surface area contributed by atoms with Crippen molar-refractivity contribution in [3.63, 3.8) is 0 Å². The van der Waals surface area contributed by atoms with Gasteiger partial charge in [-0.2, -0.15) is 0 Å². The third-order valence-electron chi connectivity index (χ3n) is 3.24. The molecule has 0 heterocycles. The molecule has 2 aromatic rings. The smallest absolute Gasteiger partial charge is 0.129 e. The molecule has 0 amide bonds. The lowest BCUT2D eigenvalue weighted by Crippen LogP contribution is -2.07. The second kappa shape index (κ2) is 5.59. The number of methoxy groups -OCH3 is 1. The fourth-order valence-corrected chi connectivity index (χ4v) is 2.34. The molecule has 0 aliphatic heterocycles. The van der Waals surface area contributed by atoms with Gasteiger partial charge in [0.05, 0.1) is 7.11 Å². The summed E-state index contributed by atoms with van der Waals surface area (Å²) in [6, 6.07) is 6.63. The highest BCUT2D eigenvalue weighted by Crippen LogP contribution is 2.34. The van der Waals surface area contributed by atoms with E-state index < -0.39 is 17.7 Å². The van der Waals surface area contributed by atoms with Crippen LogP contribution in [0, 0.1) is 25.5 Å². The SMILES string of the molecule is COc1cc(C)cc(C)c1C(O)c1cc(F)ccc1F. The van der Waals surface area contributed by atoms with Gasteiger partial charge in [0.2, 0.25) is 0 Å². The molecule has 0 aliphatic rings. The van der Waals surface area contributed by atoms with Crippen molar-refractivity contribution in [2.24, 2.45) is 0 Å². The first-order chi connectivity index (χ1) is 9.43. The fourth-order valence-electron chi connectivity index (χ4n) is 2.34. The highest BCUT2D eigenvalue weighted by Gasteiger charge is 2.21. The van der Waals surface area contributed by atoms with Crippen molar-refractivity contribution >= 4 is 0 Å². The van der Waals surface area contributed by atoms with E-state index >= 15 is 0 Å². The third-order valence-corrected chi connectivity index (χ3v) is 3.24. The van der Waals surface area contributed by atoms with E-state index in [0.29, 0.717) is 11.3 Å². The van der Waals surface area contributed by atoms with E-state index in [2.05, 4.69) is 0 Å². The van der Waals surface area contributed by atoms with E-state index in [1.807, 2.05) is 13.0 Å². The summed E-state index contributed by atoms with van der Waals surface area (Å²) in [5.74, 6) is -0.788. The zero-order chi connectivity index (χ0) is 14.9. The number of aliphatic hydroxyl groups excluding tert-OH is 1. The number of halogens is 2. The largest absolute Gasteiger partial charge is 0.496 e. The average molecular weight is 278 g/mol. The van der Waals surface area contributed by atoms with Gasteiger partial charge in [0.25, 0.3) is 0 Å². The predicted molar refractivity (Wildman–Crippen MR) is 72.9 cm³/mol. The Kier molecular flexibility index (Phi) is 4.04. The molecule has 2 nitrogen and oxygen atoms in total. The summed E-state index contributed by atoms with van der Waals surface area (Å²) in [6.45, 7) is 3.69. The molecule has 0 bridgehead atoms. The van der Waals surface area contributed by atoms with Gasteiger partial charge >= 0.3 is 0 Å². The molecule has 1 N–H and O–H groups in total. The highest BCUT2D eigenvalue weighted by atomic mass is 19.1. The monoisotopic (exact) mass is 278 g/mol. The van der Waals surface area contributed by atoms with Crippen molar-refractivity contribution in [2.45, 2.75) is 20.0 Å². The summed E-state index contributed by atoms with van der Waals surface area (Å²) in [7, 11) is 1.48. The zero-order valence-corrected chi connectivity index (χ0v) is 11.6. The quantitative estimate of drug-likeness (QED) is 0.928. The second-order valence-electron chi connectivity index (χ2n) is 4.77. The van der Waals surface area contributed by atoms with Gasteiger partial charge in [-0.1, -0.05) is 6.07 Å². The lowest BCUT2D eigenvalue weighted by Gasteiger charge is -2.19. The van der Waals surface area contributed by atoms with E-state index in [1.165, 1.54) is 7.11 Å². The van der Waals surface area contributed by atoms with Gasteiger partial charge in [-0.05, 0) is 49.2 Å². The Morgan fingerprint density at radius 1 is 1.10 bits per heavy atom. The maximum absolute atomic E-state index is 13.8. The van der Waals surface area contributed by atoms with Crippen LogP contribution in [0.1, 0.15) is 28.4 Å². The van der Waals surface area contributed by atoms with Gasteiger partial charge in [-0.15, -0.1) is 0 Å². The summed E-state index contributed by atoms with van der Waals surface area (Å²) in [5, 5.41) is 10.4. The van der Waals surface area contributed by atoms with Gasteiger partial charge in [0.1, 0.15) is 23.5 Å². The minimum absolute atomic E-state index is 0.102. The minimum Gasteiger partial charge on any atom is -0.496 e. The molecule has 1 unspecified atom stereocenters. The topological polar surface area (TPSA) is 29.5 Å². The molecule has 0 fully saturated rings. The number of aryl methyl sites for hydroxylation is 2. The summed E-state index contributed by atoms with van der Waals surface area (Å²) in [5.41, 5.74) is 2.07. The lowest BCUT2D eigenvalue weighted by molar-refractivity contribution is 0.208. The average Bonchev–Trinajstić information content (AvgIpc) is 2.40. The maximum atomic E-state index is 13.8. The number of hydrogen-bond acceptors (Lipinski definition) is 2. The Morgan fingerprint density at radius 2 is 1.80 bits per heavy atom. The Hall–Kier alpha value is -1.94. The molecule has 4 heteroatoms. The molecular formula is C16H16F2O2. The van der Waals surface area contributed by atoms with Crippen LogP contribution in [0.25, 0.3) is 0 Å². The summed E-state index contributed by atoms with van der Waals surface area (Å²) < 4.78 is 32.3. The minimum atomic E-state index is -1.28. The maximum Gasteiger partial charge on any atom is 0.129 e. The van der Waals surface area contributed by atoms with Crippen LogP contribution in [-0.4, -0.2) is 12.2 Å². The van der Waals surface area contributed by atoms with Crippen molar-refractivity contribution in [1.29, 1.82) is 0 Å². The Balaban J connectivity index is 2.58. The molecule has 1 atom stereocenters. The van der Waals surface area contributed by atoms with Crippen LogP contribution < -0.4 is 4.74 Å². The van der Waals surface area contributed by atoms with Crippen molar-refractivity contribution in [3.8, 4) is 5.75 Å². The predicted octanol–water partition coefficient (Wildman–Crippen LogP) is 3.67. The third kappa shape index (κ3) is 2.65. The Morgan fingerprint density at radius 3 is 2.45 bits per heavy atom. The molecule has 0 radical (unpaired) electrons. The first kappa shape index (κ1) is 14.5. The number of benzene rings is 2. The van der Waals surface area contributed by atoms with Crippen LogP contribution in [0.4, 0.5) is 8.78 Å². The lowest BCUT2D eigenvalue weighted by atomic mass is 9.94. The fraction of sp³-hybridized carbons (Fsp3) is 0.250.